The van der Waals surface area contributed by atoms with Crippen molar-refractivity contribution in [2.24, 2.45) is 0 Å². The largest absolute Gasteiger partial charge is 0.308 e. The molecule has 0 unspecified atom stereocenters. The zero-order chi connectivity index (χ0) is 14.2. The fraction of sp³-hybridized carbons (Fsp3) is 0.500. The van der Waals surface area contributed by atoms with Gasteiger partial charge in [0.05, 0.1) is 6.54 Å². The Hall–Kier alpha value is -1.57. The molecule has 5 heteroatoms. The first kappa shape index (κ1) is 17.5. The van der Waals surface area contributed by atoms with E-state index >= 15 is 0 Å². The highest BCUT2D eigenvalue weighted by molar-refractivity contribution is 5.85. The van der Waals surface area contributed by atoms with Crippen LogP contribution >= 0.6 is 12.4 Å². The number of rotatable bonds is 6. The van der Waals surface area contributed by atoms with E-state index in [-0.39, 0.29) is 24.5 Å². The lowest BCUT2D eigenvalue weighted by molar-refractivity contribution is -0.130. The second-order valence-electron chi connectivity index (χ2n) is 5.11. The Morgan fingerprint density at radius 1 is 1.38 bits per heavy atom. The van der Waals surface area contributed by atoms with Crippen molar-refractivity contribution in [2.75, 3.05) is 19.6 Å². The SMILES string of the molecule is Cl.[C-]#[N+][C@@H]1CCCN1C(=O)CNCCCc1ccccc1. The normalized spacial score (nSPS) is 17.1. The lowest BCUT2D eigenvalue weighted by atomic mass is 10.1. The summed E-state index contributed by atoms with van der Waals surface area (Å²) in [6.45, 7) is 8.98. The van der Waals surface area contributed by atoms with Crippen molar-refractivity contribution < 1.29 is 4.79 Å². The molecule has 114 valence electrons. The molecule has 21 heavy (non-hydrogen) atoms. The quantitative estimate of drug-likeness (QED) is 0.647. The Labute approximate surface area is 132 Å². The molecule has 0 saturated carbocycles. The van der Waals surface area contributed by atoms with Crippen LogP contribution in [0.15, 0.2) is 30.3 Å². The number of nitrogens with one attached hydrogen (secondary N) is 1. The monoisotopic (exact) mass is 307 g/mol. The van der Waals surface area contributed by atoms with Crippen LogP contribution in [0, 0.1) is 6.57 Å². The number of nitrogens with zero attached hydrogens (tertiary/aromatic N) is 2. The second kappa shape index (κ2) is 9.38. The van der Waals surface area contributed by atoms with Gasteiger partial charge in [-0.1, -0.05) is 30.3 Å². The molecule has 2 rings (SSSR count). The van der Waals surface area contributed by atoms with Crippen LogP contribution in [0.25, 0.3) is 4.85 Å². The number of aryl methyl sites for hydroxylation is 1. The van der Waals surface area contributed by atoms with E-state index in [0.29, 0.717) is 6.54 Å². The minimum atomic E-state index is -0.228. The summed E-state index contributed by atoms with van der Waals surface area (Å²) in [5, 5.41) is 3.18. The van der Waals surface area contributed by atoms with Crippen molar-refractivity contribution in [1.82, 2.24) is 10.2 Å². The molecule has 1 heterocycles. The van der Waals surface area contributed by atoms with Crippen LogP contribution in [-0.4, -0.2) is 36.6 Å². The maximum Gasteiger partial charge on any atom is 0.300 e. The maximum absolute atomic E-state index is 12.0. The molecule has 1 N–H and O–H groups in total. The van der Waals surface area contributed by atoms with Crippen molar-refractivity contribution in [3.63, 3.8) is 0 Å². The van der Waals surface area contributed by atoms with Gasteiger partial charge < -0.3 is 5.32 Å². The van der Waals surface area contributed by atoms with Gasteiger partial charge in [0.1, 0.15) is 0 Å². The van der Waals surface area contributed by atoms with E-state index in [2.05, 4.69) is 22.3 Å². The van der Waals surface area contributed by atoms with E-state index < -0.39 is 0 Å². The summed E-state index contributed by atoms with van der Waals surface area (Å²) in [6.07, 6.45) is 3.59. The van der Waals surface area contributed by atoms with E-state index in [9.17, 15) is 4.79 Å². The van der Waals surface area contributed by atoms with Crippen LogP contribution in [0.5, 0.6) is 0 Å². The predicted octanol–water partition coefficient (Wildman–Crippen LogP) is 2.50. The first-order valence-electron chi connectivity index (χ1n) is 7.22. The number of carbonyl (C=O) groups excluding carboxylic acids is 1. The van der Waals surface area contributed by atoms with Crippen LogP contribution in [0.2, 0.25) is 0 Å². The van der Waals surface area contributed by atoms with Gasteiger partial charge in [0.2, 0.25) is 5.91 Å². The minimum Gasteiger partial charge on any atom is -0.308 e. The second-order valence-corrected chi connectivity index (χ2v) is 5.11. The number of benzene rings is 1. The van der Waals surface area contributed by atoms with Gasteiger partial charge in [0.15, 0.2) is 0 Å². The zero-order valence-electron chi connectivity index (χ0n) is 12.1. The summed E-state index contributed by atoms with van der Waals surface area (Å²) >= 11 is 0. The molecule has 1 aromatic carbocycles. The summed E-state index contributed by atoms with van der Waals surface area (Å²) in [7, 11) is 0. The highest BCUT2D eigenvalue weighted by atomic mass is 35.5. The van der Waals surface area contributed by atoms with Crippen molar-refractivity contribution in [1.29, 1.82) is 0 Å². The molecule has 0 spiro atoms. The van der Waals surface area contributed by atoms with Crippen molar-refractivity contribution in [3.8, 4) is 0 Å². The van der Waals surface area contributed by atoms with Gasteiger partial charge in [0.25, 0.3) is 0 Å². The molecule has 1 aliphatic rings. The number of amides is 1. The maximum atomic E-state index is 12.0. The molecule has 1 amide bonds. The third-order valence-corrected chi connectivity index (χ3v) is 3.63. The molecule has 1 aliphatic heterocycles. The fourth-order valence-electron chi connectivity index (χ4n) is 2.53. The van der Waals surface area contributed by atoms with Gasteiger partial charge in [-0.05, 0) is 31.4 Å². The lowest BCUT2D eigenvalue weighted by Crippen LogP contribution is -2.40. The Morgan fingerprint density at radius 2 is 2.14 bits per heavy atom. The Bertz CT molecular complexity index is 472. The first-order valence-corrected chi connectivity index (χ1v) is 7.22. The van der Waals surface area contributed by atoms with Crippen LogP contribution in [0.4, 0.5) is 0 Å². The van der Waals surface area contributed by atoms with E-state index in [0.717, 1.165) is 38.8 Å². The van der Waals surface area contributed by atoms with Crippen molar-refractivity contribution >= 4 is 18.3 Å². The minimum absolute atomic E-state index is 0. The lowest BCUT2D eigenvalue weighted by Gasteiger charge is -2.16. The molecular weight excluding hydrogens is 286 g/mol. The van der Waals surface area contributed by atoms with Gasteiger partial charge >= 0.3 is 6.17 Å². The number of likely N-dealkylation sites (tertiary alicyclic amines) is 1. The van der Waals surface area contributed by atoms with Crippen LogP contribution < -0.4 is 5.32 Å². The summed E-state index contributed by atoms with van der Waals surface area (Å²) < 4.78 is 0. The predicted molar refractivity (Wildman–Crippen MR) is 86.2 cm³/mol. The molecule has 1 aromatic rings. The van der Waals surface area contributed by atoms with Gasteiger partial charge in [0, 0.05) is 13.0 Å². The average Bonchev–Trinajstić information content (AvgIpc) is 2.96. The number of hydrogen-bond donors (Lipinski definition) is 1. The van der Waals surface area contributed by atoms with Gasteiger partial charge in [-0.25, -0.2) is 6.57 Å². The number of halogens is 1. The first-order chi connectivity index (χ1) is 9.81. The van der Waals surface area contributed by atoms with E-state index in [1.54, 1.807) is 4.90 Å². The fourth-order valence-corrected chi connectivity index (χ4v) is 2.53. The third-order valence-electron chi connectivity index (χ3n) is 3.63. The van der Waals surface area contributed by atoms with Gasteiger partial charge in [-0.15, -0.1) is 12.4 Å². The molecule has 1 saturated heterocycles. The van der Waals surface area contributed by atoms with E-state index in [4.69, 9.17) is 6.57 Å². The zero-order valence-corrected chi connectivity index (χ0v) is 12.9. The van der Waals surface area contributed by atoms with Crippen molar-refractivity contribution in [3.05, 3.63) is 47.3 Å². The summed E-state index contributed by atoms with van der Waals surface area (Å²) in [5.74, 6) is 0.0585. The van der Waals surface area contributed by atoms with E-state index in [1.165, 1.54) is 5.56 Å². The molecule has 1 atom stereocenters. The Morgan fingerprint density at radius 3 is 2.86 bits per heavy atom. The molecule has 4 nitrogen and oxygen atoms in total. The standard InChI is InChI=1S/C16H21N3O.ClH/c1-17-15-10-6-12-19(15)16(20)13-18-11-5-9-14-7-3-2-4-8-14;/h2-4,7-8,15,18H,5-6,9-13H2;1H/t15-;/m0./s1. The van der Waals surface area contributed by atoms with E-state index in [1.807, 2.05) is 18.2 Å². The summed E-state index contributed by atoms with van der Waals surface area (Å²) in [4.78, 5) is 17.2. The molecule has 1 fully saturated rings. The molecule has 0 bridgehead atoms. The average molecular weight is 308 g/mol. The highest BCUT2D eigenvalue weighted by Gasteiger charge is 2.32. The summed E-state index contributed by atoms with van der Waals surface area (Å²) in [5.41, 5.74) is 1.33. The van der Waals surface area contributed by atoms with Crippen LogP contribution in [0.3, 0.4) is 0 Å². The molecule has 0 aromatic heterocycles. The van der Waals surface area contributed by atoms with Crippen LogP contribution in [0.1, 0.15) is 24.8 Å². The Balaban J connectivity index is 0.00000220. The topological polar surface area (TPSA) is 36.7 Å². The number of carbonyl (C=O) groups is 1. The summed E-state index contributed by atoms with van der Waals surface area (Å²) in [6, 6.07) is 10.4. The van der Waals surface area contributed by atoms with Crippen LogP contribution in [-0.2, 0) is 11.2 Å². The Kier molecular flexibility index (Phi) is 7.81. The smallest absolute Gasteiger partial charge is 0.300 e. The molecule has 0 radical (unpaired) electrons. The molecule has 0 aliphatic carbocycles. The molecular formula is C16H22ClN3O. The van der Waals surface area contributed by atoms with Gasteiger partial charge in [-0.3, -0.25) is 14.5 Å². The van der Waals surface area contributed by atoms with Gasteiger partial charge in [-0.2, -0.15) is 0 Å². The van der Waals surface area contributed by atoms with Crippen molar-refractivity contribution in [2.45, 2.75) is 31.8 Å². The number of hydrogen-bond acceptors (Lipinski definition) is 2. The third kappa shape index (κ3) is 5.37. The highest BCUT2D eigenvalue weighted by Crippen LogP contribution is 2.17.